The molecule has 0 amide bonds. The molecule has 0 spiro atoms. The number of H-pyrrole nitrogens is 1. The number of aryl methyl sites for hydroxylation is 2. The van der Waals surface area contributed by atoms with Gasteiger partial charge in [-0.15, -0.1) is 10.2 Å². The Balaban J connectivity index is 1.25. The fraction of sp³-hybridized carbons (Fsp3) is 0.292. The first-order valence-electron chi connectivity index (χ1n) is 10.6. The highest BCUT2D eigenvalue weighted by molar-refractivity contribution is 5.62. The topological polar surface area (TPSA) is 62.6 Å². The first kappa shape index (κ1) is 18.8. The Hall–Kier alpha value is -3.25. The number of aromatic amines is 1. The van der Waals surface area contributed by atoms with Crippen LogP contribution in [-0.2, 0) is 32.4 Å². The van der Waals surface area contributed by atoms with Crippen LogP contribution in [0.3, 0.4) is 0 Å². The van der Waals surface area contributed by atoms with E-state index in [9.17, 15) is 0 Å². The van der Waals surface area contributed by atoms with E-state index >= 15 is 0 Å². The van der Waals surface area contributed by atoms with E-state index in [0.29, 0.717) is 0 Å². The lowest BCUT2D eigenvalue weighted by Crippen LogP contribution is -2.26. The van der Waals surface area contributed by atoms with Crippen LogP contribution >= 0.6 is 0 Å². The third kappa shape index (κ3) is 4.04. The van der Waals surface area contributed by atoms with Gasteiger partial charge in [0.05, 0.1) is 11.9 Å². The van der Waals surface area contributed by atoms with E-state index in [-0.39, 0.29) is 0 Å². The maximum atomic E-state index is 4.49. The summed E-state index contributed by atoms with van der Waals surface area (Å²) in [7, 11) is 0. The molecule has 6 nitrogen and oxygen atoms in total. The lowest BCUT2D eigenvalue weighted by Gasteiger charge is -2.19. The van der Waals surface area contributed by atoms with Gasteiger partial charge in [-0.25, -0.2) is 0 Å². The molecule has 1 aliphatic heterocycles. The van der Waals surface area contributed by atoms with Gasteiger partial charge in [0.1, 0.15) is 11.6 Å². The summed E-state index contributed by atoms with van der Waals surface area (Å²) in [5.41, 5.74) is 4.88. The summed E-state index contributed by atoms with van der Waals surface area (Å²) in [5, 5.41) is 16.5. The number of fused-ring (bicyclic) bond motifs is 1. The fourth-order valence-corrected chi connectivity index (χ4v) is 4.20. The third-order valence-electron chi connectivity index (χ3n) is 5.85. The molecule has 0 atom stereocenters. The van der Waals surface area contributed by atoms with E-state index in [2.05, 4.69) is 84.5 Å². The van der Waals surface area contributed by atoms with Gasteiger partial charge in [-0.1, -0.05) is 60.7 Å². The molecule has 0 unspecified atom stereocenters. The Morgan fingerprint density at radius 2 is 1.63 bits per heavy atom. The van der Waals surface area contributed by atoms with Gasteiger partial charge >= 0.3 is 0 Å². The van der Waals surface area contributed by atoms with Crippen LogP contribution in [0.4, 0.5) is 0 Å². The highest BCUT2D eigenvalue weighted by atomic mass is 15.3. The van der Waals surface area contributed by atoms with Crippen LogP contribution in [0.25, 0.3) is 11.3 Å². The minimum Gasteiger partial charge on any atom is -0.314 e. The largest absolute Gasteiger partial charge is 0.314 e. The van der Waals surface area contributed by atoms with Crippen LogP contribution in [0.1, 0.15) is 22.8 Å². The summed E-state index contributed by atoms with van der Waals surface area (Å²) < 4.78 is 2.33. The molecule has 5 rings (SSSR count). The molecule has 6 heteroatoms. The molecule has 0 saturated carbocycles. The van der Waals surface area contributed by atoms with Gasteiger partial charge in [0, 0.05) is 44.6 Å². The zero-order valence-electron chi connectivity index (χ0n) is 17.0. The molecule has 30 heavy (non-hydrogen) atoms. The second kappa shape index (κ2) is 8.63. The van der Waals surface area contributed by atoms with Gasteiger partial charge in [-0.2, -0.15) is 5.10 Å². The SMILES string of the molecule is c1ccc(CCc2nnc3n2CCN(Cc2cn[nH]c2-c2ccccc2)CC3)cc1. The van der Waals surface area contributed by atoms with E-state index in [0.717, 1.165) is 62.8 Å². The molecule has 0 aliphatic carbocycles. The predicted octanol–water partition coefficient (Wildman–Crippen LogP) is 3.51. The van der Waals surface area contributed by atoms with Crippen molar-refractivity contribution in [1.82, 2.24) is 29.9 Å². The third-order valence-corrected chi connectivity index (χ3v) is 5.85. The van der Waals surface area contributed by atoms with Gasteiger partial charge in [-0.05, 0) is 17.5 Å². The second-order valence-electron chi connectivity index (χ2n) is 7.83. The summed E-state index contributed by atoms with van der Waals surface area (Å²) >= 11 is 0. The number of rotatable bonds is 6. The maximum absolute atomic E-state index is 4.49. The van der Waals surface area contributed by atoms with Gasteiger partial charge in [0.15, 0.2) is 0 Å². The van der Waals surface area contributed by atoms with E-state index < -0.39 is 0 Å². The minimum absolute atomic E-state index is 0.887. The first-order chi connectivity index (χ1) is 14.9. The molecule has 4 aromatic rings. The average molecular weight is 399 g/mol. The summed E-state index contributed by atoms with van der Waals surface area (Å²) in [5.74, 6) is 2.21. The molecular weight excluding hydrogens is 372 g/mol. The number of nitrogens with one attached hydrogen (secondary N) is 1. The lowest BCUT2D eigenvalue weighted by atomic mass is 10.1. The first-order valence-corrected chi connectivity index (χ1v) is 10.6. The summed E-state index contributed by atoms with van der Waals surface area (Å²) in [4.78, 5) is 2.49. The quantitative estimate of drug-likeness (QED) is 0.540. The maximum Gasteiger partial charge on any atom is 0.134 e. The van der Waals surface area contributed by atoms with Crippen molar-refractivity contribution in [2.45, 2.75) is 32.4 Å². The highest BCUT2D eigenvalue weighted by Gasteiger charge is 2.20. The Labute approximate surface area is 176 Å². The molecule has 0 bridgehead atoms. The fourth-order valence-electron chi connectivity index (χ4n) is 4.20. The molecule has 2 aromatic carbocycles. The zero-order valence-corrected chi connectivity index (χ0v) is 17.0. The molecule has 1 N–H and O–H groups in total. The number of hydrogen-bond donors (Lipinski definition) is 1. The summed E-state index contributed by atoms with van der Waals surface area (Å²) in [6, 6.07) is 21.0. The number of benzene rings is 2. The van der Waals surface area contributed by atoms with Crippen molar-refractivity contribution in [2.24, 2.45) is 0 Å². The highest BCUT2D eigenvalue weighted by Crippen LogP contribution is 2.22. The van der Waals surface area contributed by atoms with Gasteiger partial charge in [0.25, 0.3) is 0 Å². The van der Waals surface area contributed by atoms with E-state index in [1.165, 1.54) is 16.7 Å². The van der Waals surface area contributed by atoms with Crippen molar-refractivity contribution >= 4 is 0 Å². The molecule has 152 valence electrons. The average Bonchev–Trinajstić information content (AvgIpc) is 3.37. The zero-order chi connectivity index (χ0) is 20.2. The van der Waals surface area contributed by atoms with Crippen molar-refractivity contribution in [3.63, 3.8) is 0 Å². The molecule has 0 radical (unpaired) electrons. The minimum atomic E-state index is 0.887. The van der Waals surface area contributed by atoms with Gasteiger partial charge in [-0.3, -0.25) is 10.00 Å². The second-order valence-corrected chi connectivity index (χ2v) is 7.83. The van der Waals surface area contributed by atoms with Gasteiger partial charge in [0.2, 0.25) is 0 Å². The summed E-state index contributed by atoms with van der Waals surface area (Å²) in [6.07, 6.45) is 4.81. The predicted molar refractivity (Wildman–Crippen MR) is 117 cm³/mol. The van der Waals surface area contributed by atoms with Crippen molar-refractivity contribution < 1.29 is 0 Å². The van der Waals surface area contributed by atoms with E-state index in [1.54, 1.807) is 0 Å². The van der Waals surface area contributed by atoms with Crippen LogP contribution in [0, 0.1) is 0 Å². The molecule has 0 saturated heterocycles. The Kier molecular flexibility index (Phi) is 5.40. The number of nitrogens with zero attached hydrogens (tertiary/aromatic N) is 5. The van der Waals surface area contributed by atoms with Crippen molar-refractivity contribution in [1.29, 1.82) is 0 Å². The van der Waals surface area contributed by atoms with Crippen molar-refractivity contribution in [3.8, 4) is 11.3 Å². The standard InChI is InChI=1S/C24H26N6/c1-3-7-19(8-4-1)11-12-22-26-27-23-13-14-29(15-16-30(22)23)18-21-17-25-28-24(21)20-9-5-2-6-10-20/h1-10,17H,11-16,18H2,(H,25,28). The Bertz CT molecular complexity index is 1080. The van der Waals surface area contributed by atoms with Crippen LogP contribution in [0.15, 0.2) is 66.9 Å². The van der Waals surface area contributed by atoms with Crippen molar-refractivity contribution in [2.75, 3.05) is 13.1 Å². The van der Waals surface area contributed by atoms with Crippen LogP contribution in [-0.4, -0.2) is 43.0 Å². The van der Waals surface area contributed by atoms with Crippen LogP contribution in [0.2, 0.25) is 0 Å². The Morgan fingerprint density at radius 1 is 0.833 bits per heavy atom. The van der Waals surface area contributed by atoms with E-state index in [1.807, 2.05) is 12.3 Å². The molecule has 1 aliphatic rings. The smallest absolute Gasteiger partial charge is 0.134 e. The summed E-state index contributed by atoms with van der Waals surface area (Å²) in [6.45, 7) is 3.79. The Morgan fingerprint density at radius 3 is 2.47 bits per heavy atom. The van der Waals surface area contributed by atoms with Crippen molar-refractivity contribution in [3.05, 3.63) is 89.6 Å². The van der Waals surface area contributed by atoms with Crippen LogP contribution < -0.4 is 0 Å². The molecule has 2 aromatic heterocycles. The number of hydrogen-bond acceptors (Lipinski definition) is 4. The van der Waals surface area contributed by atoms with Crippen LogP contribution in [0.5, 0.6) is 0 Å². The van der Waals surface area contributed by atoms with Gasteiger partial charge < -0.3 is 4.57 Å². The monoisotopic (exact) mass is 398 g/mol. The molecule has 3 heterocycles. The molecular formula is C24H26N6. The van der Waals surface area contributed by atoms with E-state index in [4.69, 9.17) is 0 Å². The normalized spacial score (nSPS) is 14.4. The molecule has 0 fully saturated rings. The number of aromatic nitrogens is 5. The lowest BCUT2D eigenvalue weighted by molar-refractivity contribution is 0.270.